The van der Waals surface area contributed by atoms with E-state index in [1.54, 1.807) is 24.4 Å². The molecule has 0 aliphatic carbocycles. The maximum absolute atomic E-state index is 15.2. The Balaban J connectivity index is 1.34. The highest BCUT2D eigenvalue weighted by Gasteiger charge is 2.28. The van der Waals surface area contributed by atoms with E-state index < -0.39 is 12.8 Å². The van der Waals surface area contributed by atoms with Crippen molar-refractivity contribution in [1.29, 1.82) is 0 Å². The van der Waals surface area contributed by atoms with Crippen molar-refractivity contribution in [3.63, 3.8) is 0 Å². The van der Waals surface area contributed by atoms with Crippen molar-refractivity contribution in [2.24, 2.45) is 0 Å². The lowest BCUT2D eigenvalue weighted by molar-refractivity contribution is -0.153. The molecule has 4 aromatic rings. The first-order valence-electron chi connectivity index (χ1n) is 12.4. The van der Waals surface area contributed by atoms with Crippen LogP contribution in [0.25, 0.3) is 10.8 Å². The van der Waals surface area contributed by atoms with Gasteiger partial charge in [-0.25, -0.2) is 4.39 Å². The maximum Gasteiger partial charge on any atom is 0.422 e. The van der Waals surface area contributed by atoms with Gasteiger partial charge in [0, 0.05) is 11.1 Å². The highest BCUT2D eigenvalue weighted by atomic mass is 19.4. The zero-order valence-corrected chi connectivity index (χ0v) is 20.7. The molecule has 4 rings (SSSR count). The van der Waals surface area contributed by atoms with E-state index in [0.717, 1.165) is 47.2 Å². The number of fused-ring (bicyclic) bond motifs is 1. The molecule has 1 heterocycles. The molecule has 0 aliphatic heterocycles. The fourth-order valence-corrected chi connectivity index (χ4v) is 4.07. The van der Waals surface area contributed by atoms with E-state index in [1.807, 2.05) is 36.4 Å². The number of alkyl halides is 3. The van der Waals surface area contributed by atoms with E-state index in [4.69, 9.17) is 9.47 Å². The molecule has 0 bridgehead atoms. The molecule has 37 heavy (non-hydrogen) atoms. The highest BCUT2D eigenvalue weighted by molar-refractivity contribution is 5.84. The first-order valence-corrected chi connectivity index (χ1v) is 12.4. The minimum atomic E-state index is -4.37. The van der Waals surface area contributed by atoms with Gasteiger partial charge in [-0.3, -0.25) is 4.98 Å². The molecule has 0 spiro atoms. The summed E-state index contributed by atoms with van der Waals surface area (Å²) in [6.45, 7) is 1.41. The molecular weight excluding hydrogens is 482 g/mol. The molecule has 0 saturated heterocycles. The normalized spacial score (nSPS) is 11.6. The Kier molecular flexibility index (Phi) is 8.64. The molecule has 7 heteroatoms. The molecule has 0 fully saturated rings. The number of pyridine rings is 1. The minimum absolute atomic E-state index is 0.155. The Hall–Kier alpha value is -3.61. The van der Waals surface area contributed by atoms with Crippen molar-refractivity contribution in [2.75, 3.05) is 13.2 Å². The average Bonchev–Trinajstić information content (AvgIpc) is 2.90. The molecule has 0 amide bonds. The summed E-state index contributed by atoms with van der Waals surface area (Å²) in [6.07, 6.45) is 0.945. The molecule has 0 unspecified atom stereocenters. The second-order valence-electron chi connectivity index (χ2n) is 8.98. The van der Waals surface area contributed by atoms with E-state index in [9.17, 15) is 13.2 Å². The molecule has 0 aliphatic rings. The van der Waals surface area contributed by atoms with Crippen LogP contribution in [0.5, 0.6) is 11.5 Å². The smallest absolute Gasteiger partial charge is 0.422 e. The summed E-state index contributed by atoms with van der Waals surface area (Å²) in [7, 11) is 0. The van der Waals surface area contributed by atoms with Gasteiger partial charge in [0.25, 0.3) is 0 Å². The zero-order chi connectivity index (χ0) is 26.3. The van der Waals surface area contributed by atoms with E-state index in [0.29, 0.717) is 30.4 Å². The first kappa shape index (κ1) is 26.5. The van der Waals surface area contributed by atoms with Crippen LogP contribution in [-0.2, 0) is 25.7 Å². The van der Waals surface area contributed by atoms with Gasteiger partial charge in [0.2, 0.25) is 0 Å². The highest BCUT2D eigenvalue weighted by Crippen LogP contribution is 2.25. The summed E-state index contributed by atoms with van der Waals surface area (Å²) in [5.41, 5.74) is 3.59. The number of aryl methyl sites for hydroxylation is 4. The Labute approximate surface area is 214 Å². The maximum atomic E-state index is 15.2. The standard InChI is InChI=1S/C30H29F4NO2/c1-2-17-36-27-15-12-25(35-19-27)11-4-22-7-16-28-24(18-22)10-9-23(29(28)31)8-3-21-5-13-26(14-6-21)37-20-30(32,33)34/h5-7,9-10,12-16,18-19H,2-4,8,11,17,20H2,1H3. The summed E-state index contributed by atoms with van der Waals surface area (Å²) in [5, 5.41) is 1.42. The van der Waals surface area contributed by atoms with Gasteiger partial charge in [-0.2, -0.15) is 13.2 Å². The van der Waals surface area contributed by atoms with Gasteiger partial charge in [0.1, 0.15) is 17.3 Å². The number of aromatic nitrogens is 1. The molecule has 0 radical (unpaired) electrons. The van der Waals surface area contributed by atoms with Crippen LogP contribution < -0.4 is 9.47 Å². The van der Waals surface area contributed by atoms with Crippen molar-refractivity contribution in [3.05, 3.63) is 101 Å². The molecular formula is C30H29F4NO2. The first-order chi connectivity index (χ1) is 17.8. The van der Waals surface area contributed by atoms with Crippen LogP contribution in [0.15, 0.2) is 72.9 Å². The van der Waals surface area contributed by atoms with Crippen LogP contribution in [0.2, 0.25) is 0 Å². The van der Waals surface area contributed by atoms with Gasteiger partial charge < -0.3 is 9.47 Å². The Bertz CT molecular complexity index is 1300. The van der Waals surface area contributed by atoms with Crippen molar-refractivity contribution in [3.8, 4) is 11.5 Å². The number of hydrogen-bond donors (Lipinski definition) is 0. The number of rotatable bonds is 11. The van der Waals surface area contributed by atoms with E-state index in [2.05, 4.69) is 11.9 Å². The predicted octanol–water partition coefficient (Wildman–Crippen LogP) is 7.67. The third-order valence-electron chi connectivity index (χ3n) is 6.05. The lowest BCUT2D eigenvalue weighted by atomic mass is 9.98. The van der Waals surface area contributed by atoms with Crippen LogP contribution in [0.3, 0.4) is 0 Å². The molecule has 0 N–H and O–H groups in total. The summed E-state index contributed by atoms with van der Waals surface area (Å²) in [6, 6.07) is 19.9. The van der Waals surface area contributed by atoms with Crippen molar-refractivity contribution in [2.45, 2.75) is 45.2 Å². The van der Waals surface area contributed by atoms with Crippen LogP contribution in [0.4, 0.5) is 17.6 Å². The van der Waals surface area contributed by atoms with Crippen LogP contribution in [0, 0.1) is 5.82 Å². The quantitative estimate of drug-likeness (QED) is 0.194. The summed E-state index contributed by atoms with van der Waals surface area (Å²) in [4.78, 5) is 4.47. The van der Waals surface area contributed by atoms with Gasteiger partial charge in [0.05, 0.1) is 12.8 Å². The fourth-order valence-electron chi connectivity index (χ4n) is 4.07. The summed E-state index contributed by atoms with van der Waals surface area (Å²) < 4.78 is 62.4. The molecule has 3 aromatic carbocycles. The topological polar surface area (TPSA) is 31.4 Å². The monoisotopic (exact) mass is 511 g/mol. The number of hydrogen-bond acceptors (Lipinski definition) is 3. The third-order valence-corrected chi connectivity index (χ3v) is 6.05. The minimum Gasteiger partial charge on any atom is -0.492 e. The van der Waals surface area contributed by atoms with Crippen molar-refractivity contribution >= 4 is 10.8 Å². The van der Waals surface area contributed by atoms with E-state index >= 15 is 4.39 Å². The zero-order valence-electron chi connectivity index (χ0n) is 20.7. The SMILES string of the molecule is CCCOc1ccc(CCc2ccc3c(F)c(CCc4ccc(OCC(F)(F)F)cc4)ccc3c2)nc1. The molecule has 1 aromatic heterocycles. The Morgan fingerprint density at radius 3 is 2.19 bits per heavy atom. The third kappa shape index (κ3) is 7.68. The largest absolute Gasteiger partial charge is 0.492 e. The Morgan fingerprint density at radius 2 is 1.49 bits per heavy atom. The number of ether oxygens (including phenoxy) is 2. The lowest BCUT2D eigenvalue weighted by Crippen LogP contribution is -2.19. The number of nitrogens with zero attached hydrogens (tertiary/aromatic N) is 1. The number of halogens is 4. The second-order valence-corrected chi connectivity index (χ2v) is 8.98. The van der Waals surface area contributed by atoms with Crippen molar-refractivity contribution in [1.82, 2.24) is 4.98 Å². The lowest BCUT2D eigenvalue weighted by Gasteiger charge is -2.11. The Morgan fingerprint density at radius 1 is 0.757 bits per heavy atom. The van der Waals surface area contributed by atoms with Crippen LogP contribution >= 0.6 is 0 Å². The second kappa shape index (κ2) is 12.1. The predicted molar refractivity (Wildman–Crippen MR) is 137 cm³/mol. The average molecular weight is 512 g/mol. The van der Waals surface area contributed by atoms with Crippen molar-refractivity contribution < 1.29 is 27.0 Å². The summed E-state index contributed by atoms with van der Waals surface area (Å²) >= 11 is 0. The van der Waals surface area contributed by atoms with Crippen LogP contribution in [-0.4, -0.2) is 24.4 Å². The van der Waals surface area contributed by atoms with E-state index in [-0.39, 0.29) is 11.6 Å². The van der Waals surface area contributed by atoms with Gasteiger partial charge in [0.15, 0.2) is 6.61 Å². The molecule has 0 atom stereocenters. The van der Waals surface area contributed by atoms with Gasteiger partial charge in [-0.1, -0.05) is 49.4 Å². The fraction of sp³-hybridized carbons (Fsp3) is 0.300. The summed E-state index contributed by atoms with van der Waals surface area (Å²) in [5.74, 6) is 0.690. The molecule has 0 saturated carbocycles. The van der Waals surface area contributed by atoms with Gasteiger partial charge in [-0.15, -0.1) is 0 Å². The molecule has 194 valence electrons. The molecule has 3 nitrogen and oxygen atoms in total. The van der Waals surface area contributed by atoms with Gasteiger partial charge >= 0.3 is 6.18 Å². The van der Waals surface area contributed by atoms with Crippen LogP contribution in [0.1, 0.15) is 35.7 Å². The van der Waals surface area contributed by atoms with Gasteiger partial charge in [-0.05, 0) is 78.4 Å². The van der Waals surface area contributed by atoms with E-state index in [1.165, 1.54) is 12.1 Å². The number of benzene rings is 3.